The molecule has 1 atom stereocenters. The number of rotatable bonds is 4. The molecule has 1 aliphatic heterocycles. The molecule has 0 saturated carbocycles. The van der Waals surface area contributed by atoms with Gasteiger partial charge in [-0.25, -0.2) is 9.59 Å². The van der Waals surface area contributed by atoms with Gasteiger partial charge in [0.15, 0.2) is 0 Å². The van der Waals surface area contributed by atoms with Gasteiger partial charge in [-0.05, 0) is 13.0 Å². The van der Waals surface area contributed by atoms with E-state index in [1.165, 1.54) is 26.5 Å². The first kappa shape index (κ1) is 19.9. The fourth-order valence-corrected chi connectivity index (χ4v) is 3.57. The number of Topliss-reactive ketones (excluding diaryl/α,β-unsaturated/α-hetero) is 1. The van der Waals surface area contributed by atoms with Crippen LogP contribution in [0.2, 0.25) is 5.02 Å². The quantitative estimate of drug-likeness (QED) is 0.635. The topological polar surface area (TPSA) is 86.3 Å². The molecule has 2 rings (SSSR count). The van der Waals surface area contributed by atoms with E-state index < -0.39 is 23.3 Å². The summed E-state index contributed by atoms with van der Waals surface area (Å²) in [5.41, 5.74) is 0.424. The molecular weight excluding hydrogens is 358 g/mol. The molecule has 1 aromatic rings. The fraction of sp³-hybridized carbons (Fsp3) is 0.316. The Kier molecular flexibility index (Phi) is 5.68. The zero-order chi connectivity index (χ0) is 19.6. The average molecular weight is 379 g/mol. The minimum absolute atomic E-state index is 0.140. The van der Waals surface area contributed by atoms with Crippen molar-refractivity contribution >= 4 is 34.9 Å². The SMILES string of the molecule is COC(=O)C1=C(C)[C@](C(C)=O)(C(=O)OC)[NH2+]C(C)=C1c1ccccc1Cl. The molecule has 26 heavy (non-hydrogen) atoms. The molecule has 6 nitrogen and oxygen atoms in total. The summed E-state index contributed by atoms with van der Waals surface area (Å²) in [7, 11) is 2.45. The first-order chi connectivity index (χ1) is 12.2. The summed E-state index contributed by atoms with van der Waals surface area (Å²) in [5, 5.41) is 1.97. The predicted molar refractivity (Wildman–Crippen MR) is 96.1 cm³/mol. The number of hydrogen-bond acceptors (Lipinski definition) is 5. The molecule has 1 aliphatic rings. The Morgan fingerprint density at radius 3 is 2.19 bits per heavy atom. The standard InChI is InChI=1S/C19H20ClNO5/c1-10-15(17(23)25-4)16(13-8-6-7-9-14(13)20)11(2)21-19(10,12(3)22)18(24)26-5/h6-9,21H,1-5H3/p+1/t19-/m0/s1. The molecule has 1 heterocycles. The van der Waals surface area contributed by atoms with E-state index in [2.05, 4.69) is 0 Å². The van der Waals surface area contributed by atoms with Crippen molar-refractivity contribution in [2.45, 2.75) is 26.3 Å². The average Bonchev–Trinajstić information content (AvgIpc) is 2.62. The fourth-order valence-electron chi connectivity index (χ4n) is 3.34. The van der Waals surface area contributed by atoms with E-state index in [1.807, 2.05) is 0 Å². The van der Waals surface area contributed by atoms with Crippen LogP contribution in [0.1, 0.15) is 26.3 Å². The van der Waals surface area contributed by atoms with Crippen molar-refractivity contribution in [2.75, 3.05) is 14.2 Å². The molecule has 0 unspecified atom stereocenters. The second kappa shape index (κ2) is 7.43. The molecule has 0 aromatic heterocycles. The molecule has 0 saturated heterocycles. The summed E-state index contributed by atoms with van der Waals surface area (Å²) < 4.78 is 9.81. The molecule has 0 amide bonds. The third-order valence-electron chi connectivity index (χ3n) is 4.64. The molecular formula is C19H21ClNO5+. The number of ether oxygens (including phenoxy) is 2. The summed E-state index contributed by atoms with van der Waals surface area (Å²) >= 11 is 6.33. The van der Waals surface area contributed by atoms with Crippen molar-refractivity contribution in [2.24, 2.45) is 0 Å². The largest absolute Gasteiger partial charge is 0.465 e. The minimum Gasteiger partial charge on any atom is -0.465 e. The van der Waals surface area contributed by atoms with Gasteiger partial charge in [0.25, 0.3) is 5.54 Å². The summed E-state index contributed by atoms with van der Waals surface area (Å²) in [5.74, 6) is -1.85. The van der Waals surface area contributed by atoms with Gasteiger partial charge in [-0.2, -0.15) is 0 Å². The number of nitrogens with two attached hydrogens (primary N) is 1. The highest BCUT2D eigenvalue weighted by Gasteiger charge is 2.56. The van der Waals surface area contributed by atoms with Crippen molar-refractivity contribution in [3.05, 3.63) is 51.7 Å². The van der Waals surface area contributed by atoms with E-state index >= 15 is 0 Å². The highest BCUT2D eigenvalue weighted by molar-refractivity contribution is 6.33. The van der Waals surface area contributed by atoms with E-state index in [9.17, 15) is 14.4 Å². The number of carbonyl (C=O) groups excluding carboxylic acids is 3. The van der Waals surface area contributed by atoms with Crippen LogP contribution in [0.25, 0.3) is 5.57 Å². The number of halogens is 1. The number of quaternary nitrogens is 1. The molecule has 0 fully saturated rings. The molecule has 138 valence electrons. The van der Waals surface area contributed by atoms with Gasteiger partial charge < -0.3 is 9.47 Å². The Labute approximate surface area is 156 Å². The highest BCUT2D eigenvalue weighted by atomic mass is 35.5. The van der Waals surface area contributed by atoms with Crippen molar-refractivity contribution < 1.29 is 29.2 Å². The number of methoxy groups -OCH3 is 2. The zero-order valence-electron chi connectivity index (χ0n) is 15.3. The van der Waals surface area contributed by atoms with Crippen LogP contribution in [-0.4, -0.2) is 37.5 Å². The van der Waals surface area contributed by atoms with Crippen molar-refractivity contribution in [3.63, 3.8) is 0 Å². The van der Waals surface area contributed by atoms with Crippen LogP contribution < -0.4 is 5.32 Å². The number of hydrogen-bond donors (Lipinski definition) is 1. The lowest BCUT2D eigenvalue weighted by molar-refractivity contribution is -0.647. The summed E-state index contributed by atoms with van der Waals surface area (Å²) in [6.07, 6.45) is 0. The van der Waals surface area contributed by atoms with Gasteiger partial charge in [0.2, 0.25) is 5.78 Å². The second-order valence-corrected chi connectivity index (χ2v) is 6.44. The molecule has 0 bridgehead atoms. The maximum atomic E-state index is 12.6. The first-order valence-electron chi connectivity index (χ1n) is 7.93. The number of allylic oxidation sites excluding steroid dienone is 1. The molecule has 0 radical (unpaired) electrons. The lowest BCUT2D eigenvalue weighted by Crippen LogP contribution is -3.00. The Balaban J connectivity index is 2.88. The third-order valence-corrected chi connectivity index (χ3v) is 4.97. The van der Waals surface area contributed by atoms with E-state index in [1.54, 1.807) is 38.1 Å². The van der Waals surface area contributed by atoms with Crippen LogP contribution in [0, 0.1) is 0 Å². The van der Waals surface area contributed by atoms with Gasteiger partial charge in [-0.3, -0.25) is 10.1 Å². The Hall–Kier alpha value is -2.44. The molecule has 7 heteroatoms. The van der Waals surface area contributed by atoms with Crippen LogP contribution >= 0.6 is 11.6 Å². The highest BCUT2D eigenvalue weighted by Crippen LogP contribution is 2.38. The summed E-state index contributed by atoms with van der Waals surface area (Å²) in [6, 6.07) is 7.04. The van der Waals surface area contributed by atoms with Crippen LogP contribution in [-0.2, 0) is 23.9 Å². The lowest BCUT2D eigenvalue weighted by atomic mass is 9.76. The van der Waals surface area contributed by atoms with Crippen molar-refractivity contribution in [1.29, 1.82) is 0 Å². The zero-order valence-corrected chi connectivity index (χ0v) is 16.1. The number of esters is 2. The van der Waals surface area contributed by atoms with Gasteiger partial charge in [0, 0.05) is 30.0 Å². The molecule has 2 N–H and O–H groups in total. The number of carbonyl (C=O) groups is 3. The lowest BCUT2D eigenvalue weighted by Gasteiger charge is -2.33. The van der Waals surface area contributed by atoms with Crippen LogP contribution in [0.15, 0.2) is 41.1 Å². The van der Waals surface area contributed by atoms with Gasteiger partial charge in [-0.1, -0.05) is 29.8 Å². The molecule has 0 aliphatic carbocycles. The minimum atomic E-state index is -1.67. The van der Waals surface area contributed by atoms with E-state index in [4.69, 9.17) is 21.1 Å². The monoisotopic (exact) mass is 378 g/mol. The smallest absolute Gasteiger partial charge is 0.381 e. The van der Waals surface area contributed by atoms with Crippen molar-refractivity contribution in [3.8, 4) is 0 Å². The van der Waals surface area contributed by atoms with Gasteiger partial charge in [-0.15, -0.1) is 0 Å². The molecule has 1 aromatic carbocycles. The number of ketones is 1. The Morgan fingerprint density at radius 2 is 1.69 bits per heavy atom. The van der Waals surface area contributed by atoms with Gasteiger partial charge in [0.05, 0.1) is 25.4 Å². The predicted octanol–water partition coefficient (Wildman–Crippen LogP) is 1.64. The van der Waals surface area contributed by atoms with Crippen molar-refractivity contribution in [1.82, 2.24) is 0 Å². The Bertz CT molecular complexity index is 855. The van der Waals surface area contributed by atoms with Crippen LogP contribution in [0.4, 0.5) is 0 Å². The summed E-state index contributed by atoms with van der Waals surface area (Å²) in [6.45, 7) is 4.57. The van der Waals surface area contributed by atoms with Crippen LogP contribution in [0.5, 0.6) is 0 Å². The molecule has 0 spiro atoms. The maximum Gasteiger partial charge on any atom is 0.381 e. The van der Waals surface area contributed by atoms with Gasteiger partial charge >= 0.3 is 11.9 Å². The maximum absolute atomic E-state index is 12.6. The summed E-state index contributed by atoms with van der Waals surface area (Å²) in [4.78, 5) is 37.6. The Morgan fingerprint density at radius 1 is 1.08 bits per heavy atom. The third kappa shape index (κ3) is 2.95. The van der Waals surface area contributed by atoms with E-state index in [0.717, 1.165) is 0 Å². The second-order valence-electron chi connectivity index (χ2n) is 6.03. The van der Waals surface area contributed by atoms with E-state index in [0.29, 0.717) is 21.9 Å². The van der Waals surface area contributed by atoms with Gasteiger partial charge in [0.1, 0.15) is 5.70 Å². The first-order valence-corrected chi connectivity index (χ1v) is 8.31. The number of benzene rings is 1. The van der Waals surface area contributed by atoms with E-state index in [-0.39, 0.29) is 11.1 Å². The van der Waals surface area contributed by atoms with Crippen LogP contribution in [0.3, 0.4) is 0 Å². The normalized spacial score (nSPS) is 20.1.